The van der Waals surface area contributed by atoms with Crippen LogP contribution in [0.2, 0.25) is 0 Å². The van der Waals surface area contributed by atoms with E-state index in [1.807, 2.05) is 30.3 Å². The SMILES string of the molecule is CCCCCCCCCCc1cc(Sc2ccccc2)c2c(c1O)C(=O)c1cc(CCCCC(O)CCCCC)cc([N+](=O)[O-])c1C2=O. The Morgan fingerprint density at radius 1 is 0.729 bits per heavy atom. The highest BCUT2D eigenvalue weighted by molar-refractivity contribution is 7.99. The number of benzene rings is 3. The number of carbonyl (C=O) groups excluding carboxylic acids is 2. The molecule has 3 aromatic rings. The second-order valence-corrected chi connectivity index (χ2v) is 14.2. The van der Waals surface area contributed by atoms with Crippen molar-refractivity contribution in [2.75, 3.05) is 0 Å². The number of aliphatic hydroxyl groups is 1. The third kappa shape index (κ3) is 9.79. The fourth-order valence-corrected chi connectivity index (χ4v) is 7.66. The molecular weight excluding hydrogens is 623 g/mol. The predicted octanol–water partition coefficient (Wildman–Crippen LogP) is 10.6. The highest BCUT2D eigenvalue weighted by Gasteiger charge is 2.40. The first-order valence-corrected chi connectivity index (χ1v) is 18.8. The maximum absolute atomic E-state index is 14.2. The maximum atomic E-state index is 14.2. The van der Waals surface area contributed by atoms with E-state index in [-0.39, 0.29) is 39.8 Å². The van der Waals surface area contributed by atoms with E-state index in [1.165, 1.54) is 49.9 Å². The van der Waals surface area contributed by atoms with Crippen molar-refractivity contribution < 1.29 is 24.7 Å². The molecule has 2 N–H and O–H groups in total. The molecule has 4 rings (SSSR count). The number of hydrogen-bond acceptors (Lipinski definition) is 7. The number of aliphatic hydroxyl groups excluding tert-OH is 1. The molecule has 3 aromatic carbocycles. The van der Waals surface area contributed by atoms with Crippen molar-refractivity contribution in [1.29, 1.82) is 0 Å². The van der Waals surface area contributed by atoms with Gasteiger partial charge in [0.05, 0.1) is 22.2 Å². The average molecular weight is 674 g/mol. The number of nitrogens with zero attached hydrogens (tertiary/aromatic N) is 1. The molecule has 258 valence electrons. The summed E-state index contributed by atoms with van der Waals surface area (Å²) in [5.74, 6) is -1.36. The van der Waals surface area contributed by atoms with Gasteiger partial charge in [-0.25, -0.2) is 0 Å². The maximum Gasteiger partial charge on any atom is 0.281 e. The van der Waals surface area contributed by atoms with E-state index in [0.717, 1.165) is 56.3 Å². The first-order chi connectivity index (χ1) is 23.3. The average Bonchev–Trinajstić information content (AvgIpc) is 3.08. The van der Waals surface area contributed by atoms with E-state index in [9.17, 15) is 29.9 Å². The van der Waals surface area contributed by atoms with Gasteiger partial charge in [-0.3, -0.25) is 19.7 Å². The Hall–Kier alpha value is -3.49. The number of unbranched alkanes of at least 4 members (excludes halogenated alkanes) is 10. The summed E-state index contributed by atoms with van der Waals surface area (Å²) in [4.78, 5) is 41.6. The molecule has 1 aliphatic carbocycles. The highest BCUT2D eigenvalue weighted by atomic mass is 32.2. The number of nitro groups is 1. The zero-order chi connectivity index (χ0) is 34.5. The number of phenols is 1. The molecule has 8 heteroatoms. The topological polar surface area (TPSA) is 118 Å². The number of carbonyl (C=O) groups is 2. The van der Waals surface area contributed by atoms with Crippen molar-refractivity contribution in [3.05, 3.63) is 92.0 Å². The molecule has 0 aromatic heterocycles. The summed E-state index contributed by atoms with van der Waals surface area (Å²) in [6.07, 6.45) is 15.8. The van der Waals surface area contributed by atoms with E-state index in [2.05, 4.69) is 13.8 Å². The van der Waals surface area contributed by atoms with Crippen molar-refractivity contribution in [3.63, 3.8) is 0 Å². The van der Waals surface area contributed by atoms with Crippen LogP contribution in [0, 0.1) is 10.1 Å². The summed E-state index contributed by atoms with van der Waals surface area (Å²) in [7, 11) is 0. The third-order valence-corrected chi connectivity index (χ3v) is 10.4. The first-order valence-electron chi connectivity index (χ1n) is 18.0. The van der Waals surface area contributed by atoms with Gasteiger partial charge < -0.3 is 10.2 Å². The van der Waals surface area contributed by atoms with Crippen LogP contribution in [0.1, 0.15) is 153 Å². The molecule has 1 atom stereocenters. The van der Waals surface area contributed by atoms with Gasteiger partial charge in [0, 0.05) is 21.4 Å². The Kier molecular flexibility index (Phi) is 14.7. The van der Waals surface area contributed by atoms with Crippen molar-refractivity contribution >= 4 is 29.0 Å². The Bertz CT molecular complexity index is 1550. The minimum atomic E-state index is -0.611. The minimum Gasteiger partial charge on any atom is -0.507 e. The van der Waals surface area contributed by atoms with Crippen LogP contribution in [0.3, 0.4) is 0 Å². The van der Waals surface area contributed by atoms with Gasteiger partial charge in [0.2, 0.25) is 5.78 Å². The predicted molar refractivity (Wildman–Crippen MR) is 193 cm³/mol. The van der Waals surface area contributed by atoms with Crippen LogP contribution in [-0.2, 0) is 12.8 Å². The molecule has 1 unspecified atom stereocenters. The molecule has 0 saturated heterocycles. The van der Waals surface area contributed by atoms with Gasteiger partial charge in [-0.05, 0) is 73.9 Å². The number of rotatable bonds is 21. The van der Waals surface area contributed by atoms with E-state index in [4.69, 9.17) is 0 Å². The number of aromatic hydroxyl groups is 1. The number of aryl methyl sites for hydroxylation is 2. The van der Waals surface area contributed by atoms with E-state index in [0.29, 0.717) is 41.7 Å². The molecule has 48 heavy (non-hydrogen) atoms. The summed E-state index contributed by atoms with van der Waals surface area (Å²) in [5.41, 5.74) is 0.578. The van der Waals surface area contributed by atoms with E-state index in [1.54, 1.807) is 12.1 Å². The van der Waals surface area contributed by atoms with Gasteiger partial charge >= 0.3 is 0 Å². The highest BCUT2D eigenvalue weighted by Crippen LogP contribution is 2.45. The smallest absolute Gasteiger partial charge is 0.281 e. The third-order valence-electron chi connectivity index (χ3n) is 9.31. The van der Waals surface area contributed by atoms with Crippen molar-refractivity contribution in [1.82, 2.24) is 0 Å². The van der Waals surface area contributed by atoms with Gasteiger partial charge in [-0.1, -0.05) is 114 Å². The largest absolute Gasteiger partial charge is 0.507 e. The zero-order valence-corrected chi connectivity index (χ0v) is 29.4. The second kappa shape index (κ2) is 18.9. The number of phenolic OH excluding ortho intramolecular Hbond substituents is 1. The molecule has 0 amide bonds. The van der Waals surface area contributed by atoms with Crippen LogP contribution in [0.5, 0.6) is 5.75 Å². The Morgan fingerprint density at radius 2 is 1.33 bits per heavy atom. The van der Waals surface area contributed by atoms with Gasteiger partial charge in [0.1, 0.15) is 11.3 Å². The second-order valence-electron chi connectivity index (χ2n) is 13.1. The number of hydrogen-bond donors (Lipinski definition) is 2. The molecule has 0 spiro atoms. The molecule has 0 bridgehead atoms. The summed E-state index contributed by atoms with van der Waals surface area (Å²) < 4.78 is 0. The lowest BCUT2D eigenvalue weighted by atomic mass is 9.80. The molecule has 0 aliphatic heterocycles. The summed E-state index contributed by atoms with van der Waals surface area (Å²) in [6.45, 7) is 4.33. The number of ketones is 2. The Morgan fingerprint density at radius 3 is 2.00 bits per heavy atom. The Balaban J connectivity index is 1.62. The van der Waals surface area contributed by atoms with Gasteiger partial charge in [0.25, 0.3) is 5.69 Å². The van der Waals surface area contributed by atoms with Crippen molar-refractivity contribution in [2.24, 2.45) is 0 Å². The standard InChI is InChI=1S/C40H51NO6S/c1-3-5-7-8-9-10-11-14-20-29-27-34(48-31-23-15-12-16-24-31)36-37(38(29)43)39(44)32-25-28(26-33(41(46)47)35(32)40(36)45)19-17-18-22-30(42)21-13-6-4-2/h12,15-16,23-27,30,42-43H,3-11,13-14,17-22H2,1-2H3. The normalized spacial score (nSPS) is 13.0. The summed E-state index contributed by atoms with van der Waals surface area (Å²) >= 11 is 1.33. The lowest BCUT2D eigenvalue weighted by Crippen LogP contribution is -2.24. The van der Waals surface area contributed by atoms with Crippen LogP contribution in [0.25, 0.3) is 0 Å². The van der Waals surface area contributed by atoms with Crippen LogP contribution >= 0.6 is 11.8 Å². The molecule has 0 saturated carbocycles. The van der Waals surface area contributed by atoms with Crippen LogP contribution < -0.4 is 0 Å². The molecule has 7 nitrogen and oxygen atoms in total. The quantitative estimate of drug-likeness (QED) is 0.0513. The van der Waals surface area contributed by atoms with Crippen LogP contribution in [0.4, 0.5) is 5.69 Å². The van der Waals surface area contributed by atoms with E-state index < -0.39 is 16.5 Å². The fourth-order valence-electron chi connectivity index (χ4n) is 6.62. The minimum absolute atomic E-state index is 0.0218. The first kappa shape index (κ1) is 37.3. The summed E-state index contributed by atoms with van der Waals surface area (Å²) in [6, 6.07) is 14.3. The molecule has 1 aliphatic rings. The van der Waals surface area contributed by atoms with Gasteiger partial charge in [0.15, 0.2) is 5.78 Å². The molecule has 0 heterocycles. The molecule has 0 fully saturated rings. The summed E-state index contributed by atoms with van der Waals surface area (Å²) in [5, 5.41) is 34.2. The lowest BCUT2D eigenvalue weighted by Gasteiger charge is -2.23. The van der Waals surface area contributed by atoms with Gasteiger partial charge in [-0.15, -0.1) is 0 Å². The van der Waals surface area contributed by atoms with Crippen LogP contribution in [-0.4, -0.2) is 32.8 Å². The molecule has 0 radical (unpaired) electrons. The number of fused-ring (bicyclic) bond motifs is 2. The zero-order valence-electron chi connectivity index (χ0n) is 28.6. The lowest BCUT2D eigenvalue weighted by molar-refractivity contribution is -0.385. The van der Waals surface area contributed by atoms with Gasteiger partial charge in [-0.2, -0.15) is 0 Å². The van der Waals surface area contributed by atoms with Crippen molar-refractivity contribution in [2.45, 2.75) is 139 Å². The molecular formula is C40H51NO6S. The van der Waals surface area contributed by atoms with Crippen molar-refractivity contribution in [3.8, 4) is 5.75 Å². The van der Waals surface area contributed by atoms with Crippen LogP contribution in [0.15, 0.2) is 58.3 Å². The fraction of sp³-hybridized carbons (Fsp3) is 0.500. The number of nitro benzene ring substituents is 1. The monoisotopic (exact) mass is 673 g/mol. The Labute approximate surface area is 289 Å². The van der Waals surface area contributed by atoms with E-state index >= 15 is 0 Å².